The third-order valence-electron chi connectivity index (χ3n) is 7.83. The van der Waals surface area contributed by atoms with Crippen molar-refractivity contribution in [3.8, 4) is 11.5 Å². The molecule has 2 amide bonds. The van der Waals surface area contributed by atoms with E-state index in [2.05, 4.69) is 48.5 Å². The second-order valence-corrected chi connectivity index (χ2v) is 14.4. The number of hydrogen-bond donors (Lipinski definition) is 3. The van der Waals surface area contributed by atoms with Crippen molar-refractivity contribution in [2.75, 3.05) is 17.6 Å². The van der Waals surface area contributed by atoms with Gasteiger partial charge in [-0.2, -0.15) is 8.42 Å². The van der Waals surface area contributed by atoms with E-state index in [0.717, 1.165) is 35.0 Å². The molecule has 0 radical (unpaired) electrons. The Kier molecular flexibility index (Phi) is 10.2. The number of rotatable bonds is 12. The average Bonchev–Trinajstić information content (AvgIpc) is 3.47. The molecule has 1 heterocycles. The molecular weight excluding hydrogens is 614 g/mol. The molecule has 0 fully saturated rings. The van der Waals surface area contributed by atoms with Crippen molar-refractivity contribution in [2.45, 2.75) is 46.0 Å². The van der Waals surface area contributed by atoms with Gasteiger partial charge in [-0.3, -0.25) is 14.1 Å². The van der Waals surface area contributed by atoms with Gasteiger partial charge >= 0.3 is 0 Å². The highest BCUT2D eigenvalue weighted by Gasteiger charge is 2.23. The lowest BCUT2D eigenvalue weighted by Crippen LogP contribution is -2.28. The molecule has 47 heavy (non-hydrogen) atoms. The number of aryl methyl sites for hydroxylation is 1. The summed E-state index contributed by atoms with van der Waals surface area (Å²) in [6.07, 6.45) is 2.36. The number of nitrogens with zero attached hydrogens (tertiary/aromatic N) is 1. The molecule has 0 aliphatic rings. The van der Waals surface area contributed by atoms with E-state index in [1.807, 2.05) is 60.7 Å². The quantitative estimate of drug-likeness (QED) is 0.123. The largest absolute Gasteiger partial charge is 0.436 e. The molecule has 0 aliphatic carbocycles. The standard InChI is InChI=1S/C37H39N3O6S/c1-37(2,3)20-19-25-11-15-27(16-12-25)31(23-26-13-17-28(18-14-26)34(41)38-21-22-47(43,44)45)35(42)39-30-8-6-7-29(24-30)36-40-32-9-4-5-10-33(32)46-36/h4-18,24,31H,19-23H2,1-3H3,(H,38,41)(H,39,42)(H,43,44,45). The minimum atomic E-state index is -4.18. The number of benzene rings is 4. The summed E-state index contributed by atoms with van der Waals surface area (Å²) >= 11 is 0. The van der Waals surface area contributed by atoms with Gasteiger partial charge < -0.3 is 15.1 Å². The van der Waals surface area contributed by atoms with Gasteiger partial charge in [-0.05, 0) is 83.8 Å². The molecule has 4 aromatic carbocycles. The first-order valence-corrected chi connectivity index (χ1v) is 17.1. The van der Waals surface area contributed by atoms with Crippen LogP contribution in [0.4, 0.5) is 5.69 Å². The van der Waals surface area contributed by atoms with Crippen LogP contribution in [-0.4, -0.2) is 42.1 Å². The first-order chi connectivity index (χ1) is 22.3. The molecule has 0 bridgehead atoms. The number of hydrogen-bond acceptors (Lipinski definition) is 6. The summed E-state index contributed by atoms with van der Waals surface area (Å²) in [5.74, 6) is -1.28. The number of para-hydroxylation sites is 2. The molecule has 10 heteroatoms. The predicted molar refractivity (Wildman–Crippen MR) is 184 cm³/mol. The van der Waals surface area contributed by atoms with Crippen LogP contribution in [-0.2, 0) is 27.8 Å². The predicted octanol–water partition coefficient (Wildman–Crippen LogP) is 7.06. The fourth-order valence-electron chi connectivity index (χ4n) is 5.18. The lowest BCUT2D eigenvalue weighted by atomic mass is 9.87. The topological polar surface area (TPSA) is 139 Å². The molecule has 9 nitrogen and oxygen atoms in total. The highest BCUT2D eigenvalue weighted by molar-refractivity contribution is 7.85. The molecule has 244 valence electrons. The van der Waals surface area contributed by atoms with E-state index in [0.29, 0.717) is 29.1 Å². The van der Waals surface area contributed by atoms with Crippen molar-refractivity contribution in [3.05, 3.63) is 119 Å². The Bertz CT molecular complexity index is 1930. The van der Waals surface area contributed by atoms with Crippen LogP contribution in [0.15, 0.2) is 101 Å². The van der Waals surface area contributed by atoms with Crippen LogP contribution in [0, 0.1) is 5.41 Å². The van der Waals surface area contributed by atoms with Crippen LogP contribution in [0.3, 0.4) is 0 Å². The molecule has 0 saturated carbocycles. The second-order valence-electron chi connectivity index (χ2n) is 12.9. The molecule has 1 unspecified atom stereocenters. The first-order valence-electron chi connectivity index (χ1n) is 15.5. The van der Waals surface area contributed by atoms with E-state index in [-0.39, 0.29) is 17.9 Å². The maximum Gasteiger partial charge on any atom is 0.266 e. The Morgan fingerprint density at radius 2 is 1.60 bits per heavy atom. The minimum absolute atomic E-state index is 0.186. The molecule has 0 aliphatic heterocycles. The summed E-state index contributed by atoms with van der Waals surface area (Å²) in [5.41, 5.74) is 6.26. The lowest BCUT2D eigenvalue weighted by Gasteiger charge is -2.20. The Morgan fingerprint density at radius 3 is 2.28 bits per heavy atom. The van der Waals surface area contributed by atoms with E-state index in [1.54, 1.807) is 24.3 Å². The van der Waals surface area contributed by atoms with Crippen LogP contribution >= 0.6 is 0 Å². The molecule has 0 spiro atoms. The van der Waals surface area contributed by atoms with Crippen LogP contribution < -0.4 is 10.6 Å². The monoisotopic (exact) mass is 653 g/mol. The van der Waals surface area contributed by atoms with Crippen molar-refractivity contribution < 1.29 is 27.0 Å². The molecular formula is C37H39N3O6S. The number of nitrogens with one attached hydrogen (secondary N) is 2. The maximum atomic E-state index is 13.9. The zero-order valence-corrected chi connectivity index (χ0v) is 27.5. The normalized spacial score (nSPS) is 12.5. The zero-order valence-electron chi connectivity index (χ0n) is 26.7. The van der Waals surface area contributed by atoms with Gasteiger partial charge in [-0.25, -0.2) is 4.98 Å². The summed E-state index contributed by atoms with van der Waals surface area (Å²) < 4.78 is 36.7. The van der Waals surface area contributed by atoms with Gasteiger partial charge in [0.25, 0.3) is 16.0 Å². The summed E-state index contributed by atoms with van der Waals surface area (Å²) in [7, 11) is -4.18. The third kappa shape index (κ3) is 9.60. The smallest absolute Gasteiger partial charge is 0.266 e. The van der Waals surface area contributed by atoms with Gasteiger partial charge in [0, 0.05) is 23.4 Å². The number of amides is 2. The number of carbonyl (C=O) groups is 2. The highest BCUT2D eigenvalue weighted by atomic mass is 32.2. The Labute approximate surface area is 275 Å². The number of anilines is 1. The van der Waals surface area contributed by atoms with Gasteiger partial charge in [0.2, 0.25) is 11.8 Å². The van der Waals surface area contributed by atoms with Crippen molar-refractivity contribution in [1.29, 1.82) is 0 Å². The number of oxazole rings is 1. The number of carbonyl (C=O) groups excluding carboxylic acids is 2. The van der Waals surface area contributed by atoms with E-state index in [1.165, 1.54) is 5.56 Å². The van der Waals surface area contributed by atoms with Crippen LogP contribution in [0.1, 0.15) is 60.2 Å². The fourth-order valence-corrected chi connectivity index (χ4v) is 5.54. The lowest BCUT2D eigenvalue weighted by molar-refractivity contribution is -0.117. The minimum Gasteiger partial charge on any atom is -0.436 e. The molecule has 1 atom stereocenters. The van der Waals surface area contributed by atoms with Gasteiger partial charge in [-0.1, -0.05) is 75.4 Å². The van der Waals surface area contributed by atoms with E-state index in [9.17, 15) is 18.0 Å². The van der Waals surface area contributed by atoms with Crippen LogP contribution in [0.25, 0.3) is 22.6 Å². The van der Waals surface area contributed by atoms with Crippen molar-refractivity contribution in [1.82, 2.24) is 10.3 Å². The summed E-state index contributed by atoms with van der Waals surface area (Å²) in [5, 5.41) is 5.57. The Morgan fingerprint density at radius 1 is 0.894 bits per heavy atom. The molecule has 1 aromatic heterocycles. The number of aromatic nitrogens is 1. The Hall–Kier alpha value is -4.80. The first kappa shape index (κ1) is 33.6. The van der Waals surface area contributed by atoms with Gasteiger partial charge in [0.15, 0.2) is 5.58 Å². The fraction of sp³-hybridized carbons (Fsp3) is 0.270. The third-order valence-corrected chi connectivity index (χ3v) is 8.55. The summed E-state index contributed by atoms with van der Waals surface area (Å²) in [6, 6.07) is 29.9. The Balaban J connectivity index is 1.35. The molecule has 5 aromatic rings. The summed E-state index contributed by atoms with van der Waals surface area (Å²) in [4.78, 5) is 31.0. The van der Waals surface area contributed by atoms with Crippen molar-refractivity contribution in [2.24, 2.45) is 5.41 Å². The van der Waals surface area contributed by atoms with E-state index in [4.69, 9.17) is 8.97 Å². The molecule has 0 saturated heterocycles. The molecule has 3 N–H and O–H groups in total. The van der Waals surface area contributed by atoms with Crippen molar-refractivity contribution >= 4 is 38.7 Å². The van der Waals surface area contributed by atoms with E-state index >= 15 is 0 Å². The second kappa shape index (κ2) is 14.3. The van der Waals surface area contributed by atoms with Gasteiger partial charge in [0.1, 0.15) is 5.52 Å². The van der Waals surface area contributed by atoms with Crippen LogP contribution in [0.5, 0.6) is 0 Å². The highest BCUT2D eigenvalue weighted by Crippen LogP contribution is 2.29. The van der Waals surface area contributed by atoms with Crippen molar-refractivity contribution in [3.63, 3.8) is 0 Å². The van der Waals surface area contributed by atoms with Crippen LogP contribution in [0.2, 0.25) is 0 Å². The summed E-state index contributed by atoms with van der Waals surface area (Å²) in [6.45, 7) is 6.45. The molecule has 5 rings (SSSR count). The SMILES string of the molecule is CC(C)(C)CCc1ccc(C(Cc2ccc(C(=O)NCCS(=O)(=O)O)cc2)C(=O)Nc2cccc(-c3nc4ccccc4o3)c2)cc1. The van der Waals surface area contributed by atoms with Gasteiger partial charge in [0.05, 0.1) is 11.7 Å². The average molecular weight is 654 g/mol. The van der Waals surface area contributed by atoms with Gasteiger partial charge in [-0.15, -0.1) is 0 Å². The number of fused-ring (bicyclic) bond motifs is 1. The van der Waals surface area contributed by atoms with E-state index < -0.39 is 27.7 Å². The zero-order chi connectivity index (χ0) is 33.6. The maximum absolute atomic E-state index is 13.9.